The van der Waals surface area contributed by atoms with Gasteiger partial charge in [-0.25, -0.2) is 8.42 Å². The summed E-state index contributed by atoms with van der Waals surface area (Å²) in [6, 6.07) is 21.2. The summed E-state index contributed by atoms with van der Waals surface area (Å²) in [4.78, 5) is 27.8. The average Bonchev–Trinajstić information content (AvgIpc) is 2.86. The van der Waals surface area contributed by atoms with Gasteiger partial charge < -0.3 is 10.2 Å². The highest BCUT2D eigenvalue weighted by Crippen LogP contribution is 2.27. The lowest BCUT2D eigenvalue weighted by molar-refractivity contribution is -0.139. The Balaban J connectivity index is 2.02. The van der Waals surface area contributed by atoms with Crippen LogP contribution >= 0.6 is 11.6 Å². The molecule has 0 saturated heterocycles. The predicted molar refractivity (Wildman–Crippen MR) is 142 cm³/mol. The highest BCUT2D eigenvalue weighted by Gasteiger charge is 2.32. The maximum absolute atomic E-state index is 13.7. The van der Waals surface area contributed by atoms with E-state index in [1.54, 1.807) is 44.2 Å². The molecule has 0 saturated carbocycles. The Morgan fingerprint density at radius 1 is 0.972 bits per heavy atom. The Labute approximate surface area is 217 Å². The van der Waals surface area contributed by atoms with Crippen LogP contribution in [0.3, 0.4) is 0 Å². The number of amides is 2. The van der Waals surface area contributed by atoms with Gasteiger partial charge in [-0.2, -0.15) is 0 Å². The third-order valence-corrected chi connectivity index (χ3v) is 7.72. The summed E-state index contributed by atoms with van der Waals surface area (Å²) in [6.07, 6.45) is 0. The first-order valence-corrected chi connectivity index (χ1v) is 13.4. The minimum atomic E-state index is -4.12. The Kier molecular flexibility index (Phi) is 9.12. The number of sulfonamides is 1. The molecule has 7 nitrogen and oxygen atoms in total. The van der Waals surface area contributed by atoms with E-state index in [0.29, 0.717) is 11.6 Å². The second-order valence-electron chi connectivity index (χ2n) is 8.38. The molecule has 0 aliphatic rings. The van der Waals surface area contributed by atoms with Crippen LogP contribution in [0.15, 0.2) is 83.8 Å². The van der Waals surface area contributed by atoms with Gasteiger partial charge in [-0.3, -0.25) is 13.9 Å². The molecule has 0 aliphatic carbocycles. The summed E-state index contributed by atoms with van der Waals surface area (Å²) < 4.78 is 28.5. The van der Waals surface area contributed by atoms with Gasteiger partial charge in [0, 0.05) is 18.1 Å². The number of likely N-dealkylation sites (N-methyl/N-ethyl adjacent to an activating group) is 1. The monoisotopic (exact) mass is 527 g/mol. The second kappa shape index (κ2) is 12.1. The Hall–Kier alpha value is -3.36. The van der Waals surface area contributed by atoms with Crippen molar-refractivity contribution in [3.05, 3.63) is 95.0 Å². The molecular formula is C27H30ClN3O4S. The summed E-state index contributed by atoms with van der Waals surface area (Å²) in [5.74, 6) is -0.842. The molecular weight excluding hydrogens is 498 g/mol. The van der Waals surface area contributed by atoms with Gasteiger partial charge in [0.05, 0.1) is 10.6 Å². The largest absolute Gasteiger partial charge is 0.355 e. The number of carbonyl (C=O) groups is 2. The van der Waals surface area contributed by atoms with Gasteiger partial charge in [0.25, 0.3) is 10.0 Å². The van der Waals surface area contributed by atoms with E-state index in [4.69, 9.17) is 11.6 Å². The molecule has 0 spiro atoms. The van der Waals surface area contributed by atoms with Crippen LogP contribution in [0.1, 0.15) is 25.0 Å². The molecule has 0 aromatic heterocycles. The second-order valence-corrected chi connectivity index (χ2v) is 10.7. The lowest BCUT2D eigenvalue weighted by atomic mass is 10.1. The molecule has 0 heterocycles. The van der Waals surface area contributed by atoms with Crippen LogP contribution < -0.4 is 9.62 Å². The molecule has 2 amide bonds. The van der Waals surface area contributed by atoms with Crippen LogP contribution in [-0.2, 0) is 26.2 Å². The maximum Gasteiger partial charge on any atom is 0.264 e. The van der Waals surface area contributed by atoms with Gasteiger partial charge in [0.15, 0.2) is 0 Å². The van der Waals surface area contributed by atoms with Crippen molar-refractivity contribution in [2.45, 2.75) is 38.3 Å². The summed E-state index contributed by atoms with van der Waals surface area (Å²) in [5.41, 5.74) is 1.98. The van der Waals surface area contributed by atoms with E-state index in [2.05, 4.69) is 5.32 Å². The van der Waals surface area contributed by atoms with E-state index in [1.807, 2.05) is 37.3 Å². The first-order valence-electron chi connectivity index (χ1n) is 11.6. The van der Waals surface area contributed by atoms with E-state index in [-0.39, 0.29) is 23.0 Å². The first-order chi connectivity index (χ1) is 17.1. The topological polar surface area (TPSA) is 86.8 Å². The van der Waals surface area contributed by atoms with Crippen LogP contribution in [0, 0.1) is 6.92 Å². The van der Waals surface area contributed by atoms with E-state index >= 15 is 0 Å². The molecule has 0 radical (unpaired) electrons. The van der Waals surface area contributed by atoms with Crippen molar-refractivity contribution >= 4 is 39.1 Å². The predicted octanol–water partition coefficient (Wildman–Crippen LogP) is 4.40. The highest BCUT2D eigenvalue weighted by molar-refractivity contribution is 7.92. The molecule has 0 aliphatic heterocycles. The lowest BCUT2D eigenvalue weighted by Gasteiger charge is -2.32. The van der Waals surface area contributed by atoms with Gasteiger partial charge in [0.2, 0.25) is 11.8 Å². The van der Waals surface area contributed by atoms with Crippen molar-refractivity contribution in [1.82, 2.24) is 10.2 Å². The van der Waals surface area contributed by atoms with E-state index in [0.717, 1.165) is 15.4 Å². The fraction of sp³-hybridized carbons (Fsp3) is 0.259. The van der Waals surface area contributed by atoms with Crippen LogP contribution in [-0.4, -0.2) is 44.3 Å². The quantitative estimate of drug-likeness (QED) is 0.423. The van der Waals surface area contributed by atoms with Gasteiger partial charge in [-0.1, -0.05) is 65.7 Å². The zero-order valence-electron chi connectivity index (χ0n) is 20.5. The number of halogens is 1. The van der Waals surface area contributed by atoms with E-state index < -0.39 is 28.5 Å². The summed E-state index contributed by atoms with van der Waals surface area (Å²) >= 11 is 6.17. The van der Waals surface area contributed by atoms with Crippen LogP contribution in [0.2, 0.25) is 5.02 Å². The molecule has 190 valence electrons. The fourth-order valence-corrected chi connectivity index (χ4v) is 5.27. The van der Waals surface area contributed by atoms with Crippen molar-refractivity contribution in [3.63, 3.8) is 0 Å². The number of carbonyl (C=O) groups excluding carboxylic acids is 2. The number of hydrogen-bond donors (Lipinski definition) is 1. The zero-order valence-corrected chi connectivity index (χ0v) is 22.1. The Bertz CT molecular complexity index is 1300. The number of hydrogen-bond acceptors (Lipinski definition) is 4. The number of rotatable bonds is 10. The number of nitrogens with zero attached hydrogens (tertiary/aromatic N) is 2. The Morgan fingerprint density at radius 2 is 1.64 bits per heavy atom. The third-order valence-electron chi connectivity index (χ3n) is 5.70. The summed E-state index contributed by atoms with van der Waals surface area (Å²) in [7, 11) is -4.12. The number of nitrogens with one attached hydrogen (secondary N) is 1. The van der Waals surface area contributed by atoms with Gasteiger partial charge in [0.1, 0.15) is 12.6 Å². The van der Waals surface area contributed by atoms with Crippen LogP contribution in [0.25, 0.3) is 0 Å². The molecule has 3 aromatic rings. The molecule has 0 fully saturated rings. The van der Waals surface area contributed by atoms with Gasteiger partial charge >= 0.3 is 0 Å². The average molecular weight is 528 g/mol. The minimum absolute atomic E-state index is 0.0484. The van der Waals surface area contributed by atoms with Crippen LogP contribution in [0.4, 0.5) is 5.69 Å². The minimum Gasteiger partial charge on any atom is -0.355 e. The van der Waals surface area contributed by atoms with Crippen molar-refractivity contribution in [3.8, 4) is 0 Å². The lowest BCUT2D eigenvalue weighted by Crippen LogP contribution is -2.51. The van der Waals surface area contributed by atoms with Crippen molar-refractivity contribution < 1.29 is 18.0 Å². The zero-order chi connectivity index (χ0) is 26.3. The standard InChI is InChI=1S/C27H30ClN3O4S/c1-4-29-27(33)21(3)30(18-22-9-6-5-7-10-22)26(32)19-31(24-12-8-11-23(28)17-24)36(34,35)25-15-13-20(2)14-16-25/h5-17,21H,4,18-19H2,1-3H3,(H,29,33)/t21-/m1/s1. The van der Waals surface area contributed by atoms with Gasteiger partial charge in [-0.15, -0.1) is 0 Å². The Morgan fingerprint density at radius 3 is 2.25 bits per heavy atom. The fourth-order valence-electron chi connectivity index (χ4n) is 3.68. The SMILES string of the molecule is CCNC(=O)[C@@H](C)N(Cc1ccccc1)C(=O)CN(c1cccc(Cl)c1)S(=O)(=O)c1ccc(C)cc1. The molecule has 0 bridgehead atoms. The van der Waals surface area contributed by atoms with Crippen molar-refractivity contribution in [2.24, 2.45) is 0 Å². The molecule has 3 aromatic carbocycles. The van der Waals surface area contributed by atoms with E-state index in [9.17, 15) is 18.0 Å². The van der Waals surface area contributed by atoms with Crippen LogP contribution in [0.5, 0.6) is 0 Å². The highest BCUT2D eigenvalue weighted by atomic mass is 35.5. The molecule has 0 unspecified atom stereocenters. The number of anilines is 1. The van der Waals surface area contributed by atoms with Gasteiger partial charge in [-0.05, 0) is 56.7 Å². The third kappa shape index (κ3) is 6.65. The smallest absolute Gasteiger partial charge is 0.264 e. The molecule has 1 N–H and O–H groups in total. The summed E-state index contributed by atoms with van der Waals surface area (Å²) in [6.45, 7) is 5.33. The molecule has 36 heavy (non-hydrogen) atoms. The van der Waals surface area contributed by atoms with Crippen molar-refractivity contribution in [2.75, 3.05) is 17.4 Å². The molecule has 1 atom stereocenters. The normalized spacial score (nSPS) is 12.0. The molecule has 3 rings (SSSR count). The van der Waals surface area contributed by atoms with E-state index in [1.165, 1.54) is 23.1 Å². The first kappa shape index (κ1) is 27.2. The van der Waals surface area contributed by atoms with Crippen molar-refractivity contribution in [1.29, 1.82) is 0 Å². The number of benzene rings is 3. The number of aryl methyl sites for hydroxylation is 1. The molecule has 9 heteroatoms. The summed E-state index contributed by atoms with van der Waals surface area (Å²) in [5, 5.41) is 3.07. The maximum atomic E-state index is 13.7.